The minimum atomic E-state index is 0.266. The molecule has 0 fully saturated rings. The molecule has 0 saturated carbocycles. The van der Waals surface area contributed by atoms with Gasteiger partial charge in [0.25, 0.3) is 0 Å². The molecule has 2 aromatic rings. The molecule has 0 amide bonds. The maximum atomic E-state index is 5.76. The number of hydrogen-bond donors (Lipinski definition) is 1. The predicted octanol–water partition coefficient (Wildman–Crippen LogP) is 3.94. The minimum Gasteiger partial charge on any atom is -0.439 e. The van der Waals surface area contributed by atoms with Gasteiger partial charge in [0.1, 0.15) is 16.4 Å². The van der Waals surface area contributed by atoms with E-state index in [2.05, 4.69) is 31.8 Å². The summed E-state index contributed by atoms with van der Waals surface area (Å²) in [6, 6.07) is 11.4. The smallest absolute Gasteiger partial charge is 0.219 e. The van der Waals surface area contributed by atoms with E-state index in [1.807, 2.05) is 18.2 Å². The standard InChI is InChI=1S/C16H18N2OS/c1-10(2)13-8-7-12(9-11(13)3)19-15-6-4-5-14(18-15)16(17)20/h4-10H,1-3H3,(H2,17,20). The summed E-state index contributed by atoms with van der Waals surface area (Å²) in [6.45, 7) is 6.44. The van der Waals surface area contributed by atoms with Crippen molar-refractivity contribution in [3.8, 4) is 11.6 Å². The van der Waals surface area contributed by atoms with E-state index in [0.717, 1.165) is 5.75 Å². The van der Waals surface area contributed by atoms with Crippen molar-refractivity contribution in [2.45, 2.75) is 26.7 Å². The van der Waals surface area contributed by atoms with Crippen molar-refractivity contribution in [3.05, 3.63) is 53.2 Å². The predicted molar refractivity (Wildman–Crippen MR) is 85.5 cm³/mol. The van der Waals surface area contributed by atoms with Crippen LogP contribution in [0.3, 0.4) is 0 Å². The van der Waals surface area contributed by atoms with Gasteiger partial charge < -0.3 is 10.5 Å². The second kappa shape index (κ2) is 6.01. The lowest BCUT2D eigenvalue weighted by molar-refractivity contribution is 0.462. The van der Waals surface area contributed by atoms with Crippen molar-refractivity contribution in [2.75, 3.05) is 0 Å². The van der Waals surface area contributed by atoms with Gasteiger partial charge in [-0.25, -0.2) is 4.98 Å². The van der Waals surface area contributed by atoms with E-state index < -0.39 is 0 Å². The molecule has 0 aliphatic rings. The maximum Gasteiger partial charge on any atom is 0.219 e. The van der Waals surface area contributed by atoms with Crippen molar-refractivity contribution in [1.82, 2.24) is 4.98 Å². The van der Waals surface area contributed by atoms with Crippen molar-refractivity contribution < 1.29 is 4.74 Å². The molecular formula is C16H18N2OS. The highest BCUT2D eigenvalue weighted by Gasteiger charge is 2.07. The Kier molecular flexibility index (Phi) is 4.35. The molecular weight excluding hydrogens is 268 g/mol. The van der Waals surface area contributed by atoms with Crippen LogP contribution < -0.4 is 10.5 Å². The molecule has 0 radical (unpaired) electrons. The topological polar surface area (TPSA) is 48.1 Å². The summed E-state index contributed by atoms with van der Waals surface area (Å²) >= 11 is 4.91. The second-order valence-electron chi connectivity index (χ2n) is 5.00. The largest absolute Gasteiger partial charge is 0.439 e. The summed E-state index contributed by atoms with van der Waals surface area (Å²) < 4.78 is 5.76. The average molecular weight is 286 g/mol. The van der Waals surface area contributed by atoms with E-state index in [4.69, 9.17) is 22.7 Å². The molecule has 4 heteroatoms. The SMILES string of the molecule is Cc1cc(Oc2cccc(C(N)=S)n2)ccc1C(C)C. The highest BCUT2D eigenvalue weighted by atomic mass is 32.1. The first-order valence-corrected chi connectivity index (χ1v) is 6.93. The summed E-state index contributed by atoms with van der Waals surface area (Å²) in [6.07, 6.45) is 0. The zero-order chi connectivity index (χ0) is 14.7. The van der Waals surface area contributed by atoms with Crippen LogP contribution in [0, 0.1) is 6.92 Å². The van der Waals surface area contributed by atoms with Crippen molar-refractivity contribution in [1.29, 1.82) is 0 Å². The van der Waals surface area contributed by atoms with Gasteiger partial charge in [-0.15, -0.1) is 0 Å². The Bertz CT molecular complexity index is 638. The van der Waals surface area contributed by atoms with Gasteiger partial charge in [-0.2, -0.15) is 0 Å². The minimum absolute atomic E-state index is 0.266. The molecule has 20 heavy (non-hydrogen) atoms. The fourth-order valence-corrected chi connectivity index (χ4v) is 2.20. The average Bonchev–Trinajstić information content (AvgIpc) is 2.38. The molecule has 0 saturated heterocycles. The molecule has 0 aliphatic heterocycles. The molecule has 3 nitrogen and oxygen atoms in total. The summed E-state index contributed by atoms with van der Waals surface area (Å²) in [4.78, 5) is 4.53. The molecule has 0 atom stereocenters. The molecule has 0 spiro atoms. The lowest BCUT2D eigenvalue weighted by Gasteiger charge is -2.12. The van der Waals surface area contributed by atoms with Crippen LogP contribution in [0.15, 0.2) is 36.4 Å². The van der Waals surface area contributed by atoms with Gasteiger partial charge in [0.15, 0.2) is 0 Å². The zero-order valence-electron chi connectivity index (χ0n) is 11.9. The summed E-state index contributed by atoms with van der Waals surface area (Å²) in [5, 5.41) is 0. The quantitative estimate of drug-likeness (QED) is 0.865. The van der Waals surface area contributed by atoms with Gasteiger partial charge in [0.2, 0.25) is 5.88 Å². The van der Waals surface area contributed by atoms with Gasteiger partial charge >= 0.3 is 0 Å². The lowest BCUT2D eigenvalue weighted by atomic mass is 9.98. The fourth-order valence-electron chi connectivity index (χ4n) is 2.09. The van der Waals surface area contributed by atoms with E-state index >= 15 is 0 Å². The Morgan fingerprint density at radius 1 is 1.25 bits per heavy atom. The van der Waals surface area contributed by atoms with Gasteiger partial charge in [0.05, 0.1) is 0 Å². The molecule has 1 aromatic heterocycles. The Labute approximate surface area is 124 Å². The van der Waals surface area contributed by atoms with Crippen LogP contribution in [0.25, 0.3) is 0 Å². The molecule has 0 unspecified atom stereocenters. The van der Waals surface area contributed by atoms with Crippen LogP contribution in [-0.2, 0) is 0 Å². The Hall–Kier alpha value is -1.94. The molecule has 2 N–H and O–H groups in total. The second-order valence-corrected chi connectivity index (χ2v) is 5.44. The first kappa shape index (κ1) is 14.5. The van der Waals surface area contributed by atoms with E-state index in [1.165, 1.54) is 11.1 Å². The van der Waals surface area contributed by atoms with Crippen molar-refractivity contribution >= 4 is 17.2 Å². The van der Waals surface area contributed by atoms with Crippen molar-refractivity contribution in [3.63, 3.8) is 0 Å². The number of ether oxygens (including phenoxy) is 1. The first-order chi connectivity index (χ1) is 9.47. The third-order valence-corrected chi connectivity index (χ3v) is 3.27. The van der Waals surface area contributed by atoms with E-state index in [1.54, 1.807) is 12.1 Å². The van der Waals surface area contributed by atoms with Gasteiger partial charge in [-0.05, 0) is 42.2 Å². The number of nitrogens with two attached hydrogens (primary N) is 1. The fraction of sp³-hybridized carbons (Fsp3) is 0.250. The number of aryl methyl sites for hydroxylation is 1. The van der Waals surface area contributed by atoms with E-state index in [0.29, 0.717) is 17.5 Å². The Morgan fingerprint density at radius 3 is 2.60 bits per heavy atom. The number of aromatic nitrogens is 1. The van der Waals surface area contributed by atoms with Crippen LogP contribution in [0.2, 0.25) is 0 Å². The maximum absolute atomic E-state index is 5.76. The highest BCUT2D eigenvalue weighted by Crippen LogP contribution is 2.26. The van der Waals surface area contributed by atoms with Gasteiger partial charge in [-0.1, -0.05) is 38.2 Å². The summed E-state index contributed by atoms with van der Waals surface area (Å²) in [5.74, 6) is 1.76. The summed E-state index contributed by atoms with van der Waals surface area (Å²) in [7, 11) is 0. The van der Waals surface area contributed by atoms with Gasteiger partial charge in [-0.3, -0.25) is 0 Å². The Balaban J connectivity index is 2.24. The molecule has 1 aromatic carbocycles. The number of benzene rings is 1. The van der Waals surface area contributed by atoms with Gasteiger partial charge in [0, 0.05) is 6.07 Å². The van der Waals surface area contributed by atoms with Crippen LogP contribution in [0.5, 0.6) is 11.6 Å². The normalized spacial score (nSPS) is 10.6. The number of nitrogens with zero attached hydrogens (tertiary/aromatic N) is 1. The first-order valence-electron chi connectivity index (χ1n) is 6.52. The number of pyridine rings is 1. The lowest BCUT2D eigenvalue weighted by Crippen LogP contribution is -2.11. The molecule has 104 valence electrons. The number of rotatable bonds is 4. The monoisotopic (exact) mass is 286 g/mol. The third kappa shape index (κ3) is 3.33. The van der Waals surface area contributed by atoms with Crippen LogP contribution >= 0.6 is 12.2 Å². The third-order valence-electron chi connectivity index (χ3n) is 3.06. The van der Waals surface area contributed by atoms with Crippen LogP contribution in [0.4, 0.5) is 0 Å². The van der Waals surface area contributed by atoms with Crippen molar-refractivity contribution in [2.24, 2.45) is 5.73 Å². The molecule has 0 aliphatic carbocycles. The van der Waals surface area contributed by atoms with Crippen LogP contribution in [0.1, 0.15) is 36.6 Å². The van der Waals surface area contributed by atoms with E-state index in [9.17, 15) is 0 Å². The Morgan fingerprint density at radius 2 is 2.00 bits per heavy atom. The number of hydrogen-bond acceptors (Lipinski definition) is 3. The molecule has 1 heterocycles. The highest BCUT2D eigenvalue weighted by molar-refractivity contribution is 7.80. The van der Waals surface area contributed by atoms with E-state index in [-0.39, 0.29) is 4.99 Å². The number of thiocarbonyl (C=S) groups is 1. The molecule has 2 rings (SSSR count). The van der Waals surface area contributed by atoms with Crippen LogP contribution in [-0.4, -0.2) is 9.97 Å². The molecule has 0 bridgehead atoms. The summed E-state index contributed by atoms with van der Waals surface area (Å²) in [5.41, 5.74) is 8.66. The zero-order valence-corrected chi connectivity index (χ0v) is 12.7.